The molecule has 2 amide bonds. The SMILES string of the molecule is Cc1cc(N(C)C)c2cccc(OCc3c(Cl)ccc(N(C)C(=O)CNC(=O)C=Cc4ccc(NS(=O)(=O)NS(C)(=O)=O)cc4)c3Cl)c2n1. The first-order chi connectivity index (χ1) is 22.9. The molecule has 0 atom stereocenters. The zero-order valence-corrected chi connectivity index (χ0v) is 30.3. The van der Waals surface area contributed by atoms with E-state index in [9.17, 15) is 26.4 Å². The molecule has 0 aliphatic rings. The van der Waals surface area contributed by atoms with Crippen molar-refractivity contribution in [2.24, 2.45) is 0 Å². The summed E-state index contributed by atoms with van der Waals surface area (Å²) in [6, 6.07) is 16.6. The first kappa shape index (κ1) is 37.4. The second kappa shape index (κ2) is 15.4. The summed E-state index contributed by atoms with van der Waals surface area (Å²) in [7, 11) is -2.90. The van der Waals surface area contributed by atoms with Crippen LogP contribution in [0.5, 0.6) is 5.75 Å². The quantitative estimate of drug-likeness (QED) is 0.167. The van der Waals surface area contributed by atoms with Crippen LogP contribution < -0.4 is 28.7 Å². The van der Waals surface area contributed by atoms with Gasteiger partial charge in [-0.25, -0.2) is 13.4 Å². The van der Waals surface area contributed by atoms with Crippen LogP contribution >= 0.6 is 23.2 Å². The van der Waals surface area contributed by atoms with Crippen LogP contribution in [0.25, 0.3) is 17.0 Å². The summed E-state index contributed by atoms with van der Waals surface area (Å²) in [4.78, 5) is 33.4. The molecular weight excluding hydrogens is 715 g/mol. The molecule has 0 spiro atoms. The van der Waals surface area contributed by atoms with E-state index in [0.29, 0.717) is 39.4 Å². The summed E-state index contributed by atoms with van der Waals surface area (Å²) < 4.78 is 55.9. The van der Waals surface area contributed by atoms with Gasteiger partial charge in [-0.1, -0.05) is 51.6 Å². The Morgan fingerprint density at radius 1 is 0.959 bits per heavy atom. The van der Waals surface area contributed by atoms with Gasteiger partial charge in [0.05, 0.1) is 23.5 Å². The Morgan fingerprint density at radius 3 is 2.31 bits per heavy atom. The van der Waals surface area contributed by atoms with Crippen molar-refractivity contribution in [1.82, 2.24) is 14.4 Å². The fourth-order valence-electron chi connectivity index (χ4n) is 4.63. The number of nitrogens with one attached hydrogen (secondary N) is 3. The molecule has 0 unspecified atom stereocenters. The molecule has 0 saturated heterocycles. The minimum absolute atomic E-state index is 0.00545. The second-order valence-electron chi connectivity index (χ2n) is 11.1. The Labute approximate surface area is 295 Å². The second-order valence-corrected chi connectivity index (χ2v) is 15.3. The Balaban J connectivity index is 1.38. The molecule has 3 aromatic carbocycles. The van der Waals surface area contributed by atoms with E-state index in [2.05, 4.69) is 15.0 Å². The largest absolute Gasteiger partial charge is 0.487 e. The van der Waals surface area contributed by atoms with Crippen molar-refractivity contribution in [3.05, 3.63) is 93.6 Å². The Kier molecular flexibility index (Phi) is 11.8. The third kappa shape index (κ3) is 10.1. The van der Waals surface area contributed by atoms with E-state index in [-0.39, 0.29) is 23.9 Å². The highest BCUT2D eigenvalue weighted by molar-refractivity contribution is 8.05. The molecule has 260 valence electrons. The number of benzene rings is 3. The molecule has 49 heavy (non-hydrogen) atoms. The predicted octanol–water partition coefficient (Wildman–Crippen LogP) is 4.49. The van der Waals surface area contributed by atoms with Crippen molar-refractivity contribution in [2.75, 3.05) is 48.5 Å². The topological polar surface area (TPSA) is 167 Å². The average Bonchev–Trinajstić information content (AvgIpc) is 3.01. The molecule has 0 aliphatic heterocycles. The van der Waals surface area contributed by atoms with Crippen molar-refractivity contribution < 1.29 is 31.2 Å². The van der Waals surface area contributed by atoms with E-state index < -0.39 is 32.0 Å². The number of carbonyl (C=O) groups is 2. The monoisotopic (exact) mass is 748 g/mol. The highest BCUT2D eigenvalue weighted by Gasteiger charge is 2.20. The van der Waals surface area contributed by atoms with Crippen molar-refractivity contribution in [3.8, 4) is 5.75 Å². The molecule has 13 nitrogen and oxygen atoms in total. The molecule has 17 heteroatoms. The summed E-state index contributed by atoms with van der Waals surface area (Å²) in [6.45, 7) is 1.58. The average molecular weight is 750 g/mol. The molecule has 0 bridgehead atoms. The first-order valence-corrected chi connectivity index (χ1v) is 18.6. The summed E-state index contributed by atoms with van der Waals surface area (Å²) in [5, 5.41) is 4.00. The van der Waals surface area contributed by atoms with Crippen LogP contribution in [0.15, 0.2) is 66.7 Å². The minimum Gasteiger partial charge on any atom is -0.487 e. The van der Waals surface area contributed by atoms with Gasteiger partial charge in [-0.15, -0.1) is 0 Å². The van der Waals surface area contributed by atoms with Gasteiger partial charge in [-0.3, -0.25) is 14.3 Å². The third-order valence-corrected chi connectivity index (χ3v) is 10.3. The molecule has 0 aliphatic carbocycles. The van der Waals surface area contributed by atoms with Gasteiger partial charge in [0.25, 0.3) is 0 Å². The maximum absolute atomic E-state index is 13.0. The molecule has 0 radical (unpaired) electrons. The normalized spacial score (nSPS) is 11.8. The van der Waals surface area contributed by atoms with Gasteiger partial charge in [-0.05, 0) is 55.0 Å². The number of likely N-dealkylation sites (N-methyl/N-ethyl adjacent to an activating group) is 1. The van der Waals surface area contributed by atoms with Gasteiger partial charge in [0, 0.05) is 60.3 Å². The molecule has 4 rings (SSSR count). The number of ether oxygens (including phenoxy) is 1. The van der Waals surface area contributed by atoms with Crippen LogP contribution in [0.1, 0.15) is 16.8 Å². The molecule has 0 saturated carbocycles. The summed E-state index contributed by atoms with van der Waals surface area (Å²) in [5.74, 6) is -0.469. The number of hydrogen-bond acceptors (Lipinski definition) is 9. The minimum atomic E-state index is -4.34. The van der Waals surface area contributed by atoms with E-state index in [1.54, 1.807) is 12.1 Å². The van der Waals surface area contributed by atoms with Crippen molar-refractivity contribution in [1.29, 1.82) is 0 Å². The lowest BCUT2D eigenvalue weighted by Gasteiger charge is -2.21. The Hall–Kier alpha value is -4.41. The molecule has 4 aromatic rings. The van der Waals surface area contributed by atoms with E-state index in [1.807, 2.05) is 50.2 Å². The summed E-state index contributed by atoms with van der Waals surface area (Å²) in [5.41, 5.74) is 3.99. The van der Waals surface area contributed by atoms with Crippen LogP contribution in [0, 0.1) is 6.92 Å². The smallest absolute Gasteiger partial charge is 0.312 e. The number of nitrogens with zero attached hydrogens (tertiary/aromatic N) is 3. The van der Waals surface area contributed by atoms with Gasteiger partial charge in [0.15, 0.2) is 0 Å². The lowest BCUT2D eigenvalue weighted by atomic mass is 10.1. The van der Waals surface area contributed by atoms with Crippen molar-refractivity contribution >= 4 is 89.3 Å². The summed E-state index contributed by atoms with van der Waals surface area (Å²) in [6.07, 6.45) is 3.37. The maximum atomic E-state index is 13.0. The molecule has 1 aromatic heterocycles. The highest BCUT2D eigenvalue weighted by Crippen LogP contribution is 2.36. The van der Waals surface area contributed by atoms with Crippen molar-refractivity contribution in [3.63, 3.8) is 0 Å². The number of aryl methyl sites for hydroxylation is 1. The number of hydrogen-bond donors (Lipinski definition) is 3. The number of carbonyl (C=O) groups excluding carboxylic acids is 2. The van der Waals surface area contributed by atoms with Crippen molar-refractivity contribution in [2.45, 2.75) is 13.5 Å². The first-order valence-electron chi connectivity index (χ1n) is 14.5. The van der Waals surface area contributed by atoms with E-state index in [0.717, 1.165) is 16.8 Å². The predicted molar refractivity (Wildman–Crippen MR) is 194 cm³/mol. The third-order valence-electron chi connectivity index (χ3n) is 6.93. The van der Waals surface area contributed by atoms with Gasteiger partial charge in [0.2, 0.25) is 21.8 Å². The number of fused-ring (bicyclic) bond motifs is 1. The van der Waals surface area contributed by atoms with Gasteiger partial charge < -0.3 is 19.9 Å². The van der Waals surface area contributed by atoms with Gasteiger partial charge in [-0.2, -0.15) is 8.42 Å². The van der Waals surface area contributed by atoms with E-state index in [4.69, 9.17) is 27.9 Å². The van der Waals surface area contributed by atoms with Crippen LogP contribution in [-0.4, -0.2) is 67.6 Å². The van der Waals surface area contributed by atoms with Crippen LogP contribution in [0.3, 0.4) is 0 Å². The van der Waals surface area contributed by atoms with Gasteiger partial charge >= 0.3 is 10.2 Å². The van der Waals surface area contributed by atoms with E-state index in [1.165, 1.54) is 52.5 Å². The standard InChI is InChI=1S/C32H34Cl2N6O7S2/c1-20-17-27(39(2)3)23-7-6-8-28(32(23)36-20)47-19-24-25(33)14-15-26(31(24)34)40(4)30(42)18-35-29(41)16-11-21-9-12-22(13-10-21)37-49(45,46)38-48(5,43)44/h6-17,37-38H,18-19H2,1-5H3,(H,35,41). The lowest BCUT2D eigenvalue weighted by Crippen LogP contribution is -2.37. The zero-order valence-electron chi connectivity index (χ0n) is 27.1. The van der Waals surface area contributed by atoms with Crippen LogP contribution in [-0.2, 0) is 36.4 Å². The fourth-order valence-corrected chi connectivity index (χ4v) is 7.44. The van der Waals surface area contributed by atoms with Crippen LogP contribution in [0.2, 0.25) is 10.0 Å². The number of anilines is 3. The number of amides is 2. The number of rotatable bonds is 13. The molecular formula is C32H34Cl2N6O7S2. The molecule has 0 fully saturated rings. The number of halogens is 2. The van der Waals surface area contributed by atoms with Crippen LogP contribution in [0.4, 0.5) is 17.1 Å². The molecule has 3 N–H and O–H groups in total. The lowest BCUT2D eigenvalue weighted by molar-refractivity contribution is -0.122. The maximum Gasteiger partial charge on any atom is 0.312 e. The fraction of sp³-hybridized carbons (Fsp3) is 0.219. The number of para-hydroxylation sites is 1. The van der Waals surface area contributed by atoms with Gasteiger partial charge in [0.1, 0.15) is 17.9 Å². The number of aromatic nitrogens is 1. The zero-order chi connectivity index (χ0) is 36.1. The Morgan fingerprint density at radius 2 is 1.65 bits per heavy atom. The number of sulfonamides is 1. The number of pyridine rings is 1. The highest BCUT2D eigenvalue weighted by atomic mass is 35.5. The molecule has 1 heterocycles. The summed E-state index contributed by atoms with van der Waals surface area (Å²) >= 11 is 13.2. The Bertz CT molecular complexity index is 2140. The van der Waals surface area contributed by atoms with E-state index >= 15 is 0 Å².